The van der Waals surface area contributed by atoms with Crippen LogP contribution in [0.3, 0.4) is 0 Å². The maximum atomic E-state index is 11.2. The molecule has 0 aliphatic heterocycles. The van der Waals surface area contributed by atoms with Crippen molar-refractivity contribution in [2.75, 3.05) is 0 Å². The number of rotatable bonds is 5. The second kappa shape index (κ2) is 5.31. The van der Waals surface area contributed by atoms with Crippen molar-refractivity contribution in [3.05, 3.63) is 18.2 Å². The molecule has 2 atom stereocenters. The number of aliphatic carboxylic acids is 1. The van der Waals surface area contributed by atoms with Gasteiger partial charge in [0, 0.05) is 6.04 Å². The van der Waals surface area contributed by atoms with Crippen LogP contribution >= 0.6 is 0 Å². The summed E-state index contributed by atoms with van der Waals surface area (Å²) < 4.78 is 1.79. The van der Waals surface area contributed by atoms with Crippen LogP contribution in [-0.2, 0) is 4.79 Å². The Morgan fingerprint density at radius 1 is 1.35 bits per heavy atom. The monoisotopic (exact) mass is 240 g/mol. The molecule has 0 amide bonds. The molecule has 1 aromatic rings. The topological polar surface area (TPSA) is 75.3 Å². The Labute approximate surface area is 101 Å². The lowest BCUT2D eigenvalue weighted by molar-refractivity contribution is -0.148. The van der Waals surface area contributed by atoms with Gasteiger partial charge >= 0.3 is 5.97 Å². The van der Waals surface area contributed by atoms with E-state index in [1.165, 1.54) is 6.20 Å². The van der Waals surface area contributed by atoms with Crippen LogP contribution in [0.5, 0.6) is 0 Å². The Hall–Kier alpha value is -1.36. The quantitative estimate of drug-likeness (QED) is 0.823. The van der Waals surface area contributed by atoms with Gasteiger partial charge in [-0.3, -0.25) is 4.79 Å². The average Bonchev–Trinajstić information content (AvgIpc) is 2.63. The smallest absolute Gasteiger partial charge is 0.309 e. The van der Waals surface area contributed by atoms with Gasteiger partial charge in [-0.2, -0.15) is 0 Å². The number of imidazole rings is 1. The number of aromatic nitrogens is 2. The summed E-state index contributed by atoms with van der Waals surface area (Å²) in [6.45, 7) is 7.50. The normalized spacial score (nSPS) is 15.2. The number of aliphatic hydroxyl groups excluding tert-OH is 1. The lowest BCUT2D eigenvalue weighted by Gasteiger charge is -2.24. The predicted molar refractivity (Wildman–Crippen MR) is 63.5 cm³/mol. The van der Waals surface area contributed by atoms with E-state index in [1.54, 1.807) is 24.7 Å². The third kappa shape index (κ3) is 2.85. The van der Waals surface area contributed by atoms with E-state index in [4.69, 9.17) is 5.11 Å². The maximum absolute atomic E-state index is 11.2. The highest BCUT2D eigenvalue weighted by Gasteiger charge is 2.32. The summed E-state index contributed by atoms with van der Waals surface area (Å²) in [6.07, 6.45) is 2.11. The van der Waals surface area contributed by atoms with E-state index in [-0.39, 0.29) is 12.0 Å². The molecule has 0 aliphatic carbocycles. The number of carboxylic acids is 1. The number of carboxylic acid groups (broad SMARTS) is 1. The fourth-order valence-electron chi connectivity index (χ4n) is 1.94. The first-order valence-corrected chi connectivity index (χ1v) is 5.78. The number of hydrogen-bond donors (Lipinski definition) is 2. The molecule has 0 aromatic carbocycles. The van der Waals surface area contributed by atoms with E-state index in [2.05, 4.69) is 4.98 Å². The lowest BCUT2D eigenvalue weighted by atomic mass is 9.89. The fourth-order valence-corrected chi connectivity index (χ4v) is 1.94. The molecule has 2 N–H and O–H groups in total. The average molecular weight is 240 g/mol. The zero-order valence-corrected chi connectivity index (χ0v) is 10.7. The molecule has 1 aromatic heterocycles. The molecule has 0 spiro atoms. The van der Waals surface area contributed by atoms with Gasteiger partial charge in [0.2, 0.25) is 0 Å². The van der Waals surface area contributed by atoms with Gasteiger partial charge in [0.15, 0.2) is 0 Å². The molecule has 0 saturated heterocycles. The van der Waals surface area contributed by atoms with Gasteiger partial charge in [-0.25, -0.2) is 4.98 Å². The van der Waals surface area contributed by atoms with Crippen molar-refractivity contribution >= 4 is 5.97 Å². The van der Waals surface area contributed by atoms with Crippen LogP contribution < -0.4 is 0 Å². The molecule has 0 fully saturated rings. The number of aliphatic hydroxyl groups is 1. The van der Waals surface area contributed by atoms with Crippen molar-refractivity contribution in [2.45, 2.75) is 39.8 Å². The van der Waals surface area contributed by atoms with Crippen LogP contribution in [0.15, 0.2) is 12.5 Å². The van der Waals surface area contributed by atoms with Crippen LogP contribution in [-0.4, -0.2) is 25.7 Å². The second-order valence-corrected chi connectivity index (χ2v) is 4.87. The van der Waals surface area contributed by atoms with E-state index < -0.39 is 18.0 Å². The lowest BCUT2D eigenvalue weighted by Crippen LogP contribution is -2.28. The third-order valence-electron chi connectivity index (χ3n) is 2.90. The minimum atomic E-state index is -1.03. The first kappa shape index (κ1) is 13.7. The minimum absolute atomic E-state index is 0.141. The maximum Gasteiger partial charge on any atom is 0.309 e. The highest BCUT2D eigenvalue weighted by molar-refractivity contribution is 5.71. The summed E-state index contributed by atoms with van der Waals surface area (Å²) in [5.74, 6) is -1.94. The van der Waals surface area contributed by atoms with Crippen LogP contribution in [0.25, 0.3) is 0 Å². The fraction of sp³-hybridized carbons (Fsp3) is 0.667. The molecular formula is C12H20N2O3. The Balaban J connectivity index is 3.05. The van der Waals surface area contributed by atoms with Gasteiger partial charge in [0.05, 0.1) is 24.1 Å². The Morgan fingerprint density at radius 2 is 1.94 bits per heavy atom. The van der Waals surface area contributed by atoms with Gasteiger partial charge in [-0.05, 0) is 19.8 Å². The SMILES string of the molecule is CC(C)C(C(=O)O)C(O)c1cncn1C(C)C. The minimum Gasteiger partial charge on any atom is -0.481 e. The number of nitrogens with zero attached hydrogens (tertiary/aromatic N) is 2. The molecule has 5 heteroatoms. The summed E-state index contributed by atoms with van der Waals surface area (Å²) in [5, 5.41) is 19.4. The Kier molecular flexibility index (Phi) is 4.28. The molecule has 0 radical (unpaired) electrons. The molecular weight excluding hydrogens is 220 g/mol. The molecule has 0 bridgehead atoms. The van der Waals surface area contributed by atoms with Crippen LogP contribution in [0.1, 0.15) is 45.5 Å². The van der Waals surface area contributed by atoms with Crippen molar-refractivity contribution in [1.82, 2.24) is 9.55 Å². The van der Waals surface area contributed by atoms with E-state index >= 15 is 0 Å². The molecule has 1 heterocycles. The predicted octanol–water partition coefficient (Wildman–Crippen LogP) is 1.85. The first-order valence-electron chi connectivity index (χ1n) is 5.78. The van der Waals surface area contributed by atoms with Gasteiger partial charge in [0.25, 0.3) is 0 Å². The Bertz CT molecular complexity index is 385. The molecule has 1 rings (SSSR count). The van der Waals surface area contributed by atoms with Gasteiger partial charge < -0.3 is 14.8 Å². The van der Waals surface area contributed by atoms with Crippen molar-refractivity contribution in [2.24, 2.45) is 11.8 Å². The summed E-state index contributed by atoms with van der Waals surface area (Å²) in [7, 11) is 0. The van der Waals surface area contributed by atoms with Crippen molar-refractivity contribution in [3.63, 3.8) is 0 Å². The summed E-state index contributed by atoms with van der Waals surface area (Å²) in [5.41, 5.74) is 0.557. The van der Waals surface area contributed by atoms with Crippen LogP contribution in [0.4, 0.5) is 0 Å². The summed E-state index contributed by atoms with van der Waals surface area (Å²) >= 11 is 0. The highest BCUT2D eigenvalue weighted by atomic mass is 16.4. The molecule has 2 unspecified atom stereocenters. The summed E-state index contributed by atoms with van der Waals surface area (Å²) in [4.78, 5) is 15.1. The van der Waals surface area contributed by atoms with E-state index in [1.807, 2.05) is 13.8 Å². The zero-order chi connectivity index (χ0) is 13.2. The second-order valence-electron chi connectivity index (χ2n) is 4.87. The zero-order valence-electron chi connectivity index (χ0n) is 10.7. The van der Waals surface area contributed by atoms with Crippen molar-refractivity contribution < 1.29 is 15.0 Å². The number of hydrogen-bond acceptors (Lipinski definition) is 3. The van der Waals surface area contributed by atoms with Crippen molar-refractivity contribution in [1.29, 1.82) is 0 Å². The molecule has 17 heavy (non-hydrogen) atoms. The molecule has 0 saturated carbocycles. The van der Waals surface area contributed by atoms with E-state index in [9.17, 15) is 9.90 Å². The van der Waals surface area contributed by atoms with Crippen LogP contribution in [0, 0.1) is 11.8 Å². The van der Waals surface area contributed by atoms with E-state index in [0.29, 0.717) is 5.69 Å². The molecule has 96 valence electrons. The van der Waals surface area contributed by atoms with E-state index in [0.717, 1.165) is 0 Å². The standard InChI is InChI=1S/C12H20N2O3/c1-7(2)10(12(16)17)11(15)9-5-13-6-14(9)8(3)4/h5-8,10-11,15H,1-4H3,(H,16,17). The Morgan fingerprint density at radius 3 is 2.35 bits per heavy atom. The summed E-state index contributed by atoms with van der Waals surface area (Å²) in [6, 6.07) is 0.142. The largest absolute Gasteiger partial charge is 0.481 e. The molecule has 5 nitrogen and oxygen atoms in total. The first-order chi connectivity index (χ1) is 7.86. The molecule has 0 aliphatic rings. The van der Waals surface area contributed by atoms with Crippen molar-refractivity contribution in [3.8, 4) is 0 Å². The number of carbonyl (C=O) groups is 1. The van der Waals surface area contributed by atoms with Crippen LogP contribution in [0.2, 0.25) is 0 Å². The highest BCUT2D eigenvalue weighted by Crippen LogP contribution is 2.29. The van der Waals surface area contributed by atoms with Gasteiger partial charge in [-0.15, -0.1) is 0 Å². The van der Waals surface area contributed by atoms with Gasteiger partial charge in [0.1, 0.15) is 6.10 Å². The third-order valence-corrected chi connectivity index (χ3v) is 2.90. The van der Waals surface area contributed by atoms with Gasteiger partial charge in [-0.1, -0.05) is 13.8 Å².